The molecule has 1 aromatic carbocycles. The first-order valence-corrected chi connectivity index (χ1v) is 8.51. The molecule has 134 valence electrons. The fourth-order valence-electron chi connectivity index (χ4n) is 2.74. The van der Waals surface area contributed by atoms with Gasteiger partial charge in [0.25, 0.3) is 5.56 Å². The summed E-state index contributed by atoms with van der Waals surface area (Å²) in [5.74, 6) is -0.684. The Morgan fingerprint density at radius 1 is 1.32 bits per heavy atom. The van der Waals surface area contributed by atoms with Crippen molar-refractivity contribution in [1.82, 2.24) is 9.88 Å². The maximum Gasteiger partial charge on any atom is 0.250 e. The van der Waals surface area contributed by atoms with Crippen LogP contribution < -0.4 is 16.2 Å². The van der Waals surface area contributed by atoms with Gasteiger partial charge in [0.15, 0.2) is 0 Å². The first-order valence-electron chi connectivity index (χ1n) is 7.71. The Bertz CT molecular complexity index is 841. The minimum absolute atomic E-state index is 0. The third-order valence-electron chi connectivity index (χ3n) is 4.01. The summed E-state index contributed by atoms with van der Waals surface area (Å²) < 4.78 is 16.7. The Labute approximate surface area is 159 Å². The quantitative estimate of drug-likeness (QED) is 0.784. The predicted molar refractivity (Wildman–Crippen MR) is 101 cm³/mol. The van der Waals surface area contributed by atoms with Crippen LogP contribution in [0.4, 0.5) is 10.1 Å². The maximum atomic E-state index is 14.5. The SMILES string of the molecule is Cl.O=C(CCn1cc(Br)ccc1=O)Nc1ccc2c(c1F)CCNC2. The second-order valence-electron chi connectivity index (χ2n) is 5.67. The number of pyridine rings is 1. The molecule has 2 aromatic rings. The van der Waals surface area contributed by atoms with Gasteiger partial charge in [-0.3, -0.25) is 9.59 Å². The number of benzene rings is 1. The average molecular weight is 431 g/mol. The summed E-state index contributed by atoms with van der Waals surface area (Å²) in [4.78, 5) is 23.8. The van der Waals surface area contributed by atoms with Gasteiger partial charge in [0, 0.05) is 36.2 Å². The van der Waals surface area contributed by atoms with E-state index < -0.39 is 0 Å². The number of nitrogens with one attached hydrogen (secondary N) is 2. The average Bonchev–Trinajstić information content (AvgIpc) is 2.58. The molecule has 8 heteroatoms. The van der Waals surface area contributed by atoms with Gasteiger partial charge in [0.1, 0.15) is 5.82 Å². The van der Waals surface area contributed by atoms with Crippen molar-refractivity contribution in [3.63, 3.8) is 0 Å². The molecule has 0 saturated heterocycles. The van der Waals surface area contributed by atoms with Crippen molar-refractivity contribution in [1.29, 1.82) is 0 Å². The number of aromatic nitrogens is 1. The summed E-state index contributed by atoms with van der Waals surface area (Å²) in [7, 11) is 0. The number of anilines is 1. The van der Waals surface area contributed by atoms with Crippen LogP contribution in [0.3, 0.4) is 0 Å². The van der Waals surface area contributed by atoms with Gasteiger partial charge < -0.3 is 15.2 Å². The molecular formula is C17H18BrClFN3O2. The third kappa shape index (κ3) is 4.68. The molecule has 0 fully saturated rings. The largest absolute Gasteiger partial charge is 0.324 e. The fraction of sp³-hybridized carbons (Fsp3) is 0.294. The number of carbonyl (C=O) groups is 1. The van der Waals surface area contributed by atoms with Crippen molar-refractivity contribution in [2.45, 2.75) is 25.9 Å². The van der Waals surface area contributed by atoms with Crippen LogP contribution in [-0.2, 0) is 24.3 Å². The van der Waals surface area contributed by atoms with E-state index in [0.29, 0.717) is 18.5 Å². The second kappa shape index (κ2) is 8.60. The molecule has 5 nitrogen and oxygen atoms in total. The molecule has 0 radical (unpaired) electrons. The van der Waals surface area contributed by atoms with Crippen molar-refractivity contribution in [2.24, 2.45) is 0 Å². The van der Waals surface area contributed by atoms with Crippen LogP contribution >= 0.6 is 28.3 Å². The van der Waals surface area contributed by atoms with Gasteiger partial charge in [-0.1, -0.05) is 6.07 Å². The standard InChI is InChI=1S/C17H17BrFN3O2.ClH/c18-12-2-4-16(24)22(10-12)8-6-15(23)21-14-3-1-11-9-20-7-5-13(11)17(14)19;/h1-4,10,20H,5-9H2,(H,21,23);1H. The molecule has 25 heavy (non-hydrogen) atoms. The van der Waals surface area contributed by atoms with E-state index in [9.17, 15) is 14.0 Å². The lowest BCUT2D eigenvalue weighted by atomic mass is 9.99. The van der Waals surface area contributed by atoms with Crippen LogP contribution in [-0.4, -0.2) is 17.0 Å². The highest BCUT2D eigenvalue weighted by Crippen LogP contribution is 2.24. The van der Waals surface area contributed by atoms with E-state index >= 15 is 0 Å². The van der Waals surface area contributed by atoms with Crippen LogP contribution in [0.1, 0.15) is 17.5 Å². The third-order valence-corrected chi connectivity index (χ3v) is 4.48. The van der Waals surface area contributed by atoms with E-state index in [1.807, 2.05) is 6.07 Å². The highest BCUT2D eigenvalue weighted by molar-refractivity contribution is 9.10. The van der Waals surface area contributed by atoms with E-state index in [2.05, 4.69) is 26.6 Å². The van der Waals surface area contributed by atoms with Gasteiger partial charge in [0.05, 0.1) is 5.69 Å². The zero-order valence-corrected chi connectivity index (χ0v) is 15.8. The monoisotopic (exact) mass is 429 g/mol. The summed E-state index contributed by atoms with van der Waals surface area (Å²) in [6, 6.07) is 6.50. The zero-order valence-electron chi connectivity index (χ0n) is 13.4. The molecule has 1 amide bonds. The van der Waals surface area contributed by atoms with Gasteiger partial charge in [-0.15, -0.1) is 12.4 Å². The van der Waals surface area contributed by atoms with Crippen LogP contribution in [0.25, 0.3) is 0 Å². The van der Waals surface area contributed by atoms with Crippen LogP contribution in [0.15, 0.2) is 39.7 Å². The van der Waals surface area contributed by atoms with Crippen LogP contribution in [0.2, 0.25) is 0 Å². The lowest BCUT2D eigenvalue weighted by molar-refractivity contribution is -0.116. The van der Waals surface area contributed by atoms with E-state index in [-0.39, 0.29) is 48.3 Å². The Morgan fingerprint density at radius 3 is 2.92 bits per heavy atom. The summed E-state index contributed by atoms with van der Waals surface area (Å²) in [6.07, 6.45) is 2.33. The van der Waals surface area contributed by atoms with Gasteiger partial charge in [-0.05, 0) is 52.2 Å². The number of amides is 1. The highest BCUT2D eigenvalue weighted by atomic mass is 79.9. The smallest absolute Gasteiger partial charge is 0.250 e. The minimum Gasteiger partial charge on any atom is -0.324 e. The summed E-state index contributed by atoms with van der Waals surface area (Å²) in [6.45, 7) is 1.61. The molecule has 1 aromatic heterocycles. The lowest BCUT2D eigenvalue weighted by Crippen LogP contribution is -2.25. The van der Waals surface area contributed by atoms with Gasteiger partial charge in [0.2, 0.25) is 5.91 Å². The van der Waals surface area contributed by atoms with Crippen LogP contribution in [0, 0.1) is 5.82 Å². The fourth-order valence-corrected chi connectivity index (χ4v) is 3.12. The predicted octanol–water partition coefficient (Wildman–Crippen LogP) is 2.85. The van der Waals surface area contributed by atoms with Crippen molar-refractivity contribution in [3.8, 4) is 0 Å². The Kier molecular flexibility index (Phi) is 6.75. The van der Waals surface area contributed by atoms with Gasteiger partial charge in [-0.25, -0.2) is 4.39 Å². The molecule has 0 atom stereocenters. The van der Waals surface area contributed by atoms with E-state index in [1.54, 1.807) is 18.3 Å². The van der Waals surface area contributed by atoms with E-state index in [1.165, 1.54) is 10.6 Å². The number of fused-ring (bicyclic) bond motifs is 1. The molecule has 0 spiro atoms. The number of aryl methyl sites for hydroxylation is 1. The zero-order chi connectivity index (χ0) is 17.1. The molecule has 1 aliphatic heterocycles. The van der Waals surface area contributed by atoms with Crippen LogP contribution in [0.5, 0.6) is 0 Å². The normalized spacial score (nSPS) is 12.9. The molecule has 0 aliphatic carbocycles. The Balaban J connectivity index is 0.00000225. The number of carbonyl (C=O) groups excluding carboxylic acids is 1. The molecule has 0 bridgehead atoms. The topological polar surface area (TPSA) is 63.1 Å². The first-order chi connectivity index (χ1) is 11.5. The number of nitrogens with zero attached hydrogens (tertiary/aromatic N) is 1. The highest BCUT2D eigenvalue weighted by Gasteiger charge is 2.17. The Morgan fingerprint density at radius 2 is 2.12 bits per heavy atom. The van der Waals surface area contributed by atoms with Gasteiger partial charge in [-0.2, -0.15) is 0 Å². The summed E-state index contributed by atoms with van der Waals surface area (Å²) in [5.41, 5.74) is 1.60. The van der Waals surface area contributed by atoms with Gasteiger partial charge >= 0.3 is 0 Å². The lowest BCUT2D eigenvalue weighted by Gasteiger charge is -2.19. The van der Waals surface area contributed by atoms with Crippen molar-refractivity contribution >= 4 is 39.9 Å². The molecular weight excluding hydrogens is 413 g/mol. The molecule has 3 rings (SSSR count). The molecule has 0 saturated carbocycles. The molecule has 2 heterocycles. The number of rotatable bonds is 4. The molecule has 2 N–H and O–H groups in total. The van der Waals surface area contributed by atoms with Crippen molar-refractivity contribution in [3.05, 3.63) is 62.2 Å². The van der Waals surface area contributed by atoms with E-state index in [4.69, 9.17) is 0 Å². The Hall–Kier alpha value is -1.70. The van der Waals surface area contributed by atoms with Crippen molar-refractivity contribution < 1.29 is 9.18 Å². The number of halogens is 3. The molecule has 1 aliphatic rings. The summed E-state index contributed by atoms with van der Waals surface area (Å²) >= 11 is 3.29. The molecule has 0 unspecified atom stereocenters. The number of hydrogen-bond acceptors (Lipinski definition) is 3. The second-order valence-corrected chi connectivity index (χ2v) is 6.58. The first kappa shape index (κ1) is 19.6. The maximum absolute atomic E-state index is 14.5. The van der Waals surface area contributed by atoms with Crippen molar-refractivity contribution in [2.75, 3.05) is 11.9 Å². The minimum atomic E-state index is -0.359. The summed E-state index contributed by atoms with van der Waals surface area (Å²) in [5, 5.41) is 5.79. The number of hydrogen-bond donors (Lipinski definition) is 2. The van der Waals surface area contributed by atoms with E-state index in [0.717, 1.165) is 16.6 Å².